The van der Waals surface area contributed by atoms with E-state index in [1.165, 1.54) is 24.1 Å². The van der Waals surface area contributed by atoms with Crippen LogP contribution in [0.2, 0.25) is 0 Å². The van der Waals surface area contributed by atoms with Crippen LogP contribution in [0.5, 0.6) is 0 Å². The Balaban J connectivity index is 2.12. The summed E-state index contributed by atoms with van der Waals surface area (Å²) in [5.41, 5.74) is 0.969. The second-order valence-corrected chi connectivity index (χ2v) is 9.86. The van der Waals surface area contributed by atoms with Crippen LogP contribution in [-0.2, 0) is 28.4 Å². The maximum absolute atomic E-state index is 12.2. The predicted octanol–water partition coefficient (Wildman–Crippen LogP) is 3.37. The fourth-order valence-electron chi connectivity index (χ4n) is 2.54. The molecule has 0 atom stereocenters. The Morgan fingerprint density at radius 3 is 2.53 bits per heavy atom. The summed E-state index contributed by atoms with van der Waals surface area (Å²) in [6, 6.07) is 0. The summed E-state index contributed by atoms with van der Waals surface area (Å²) < 4.78 is 24.3. The molecule has 108 valence electrons. The van der Waals surface area contributed by atoms with Crippen LogP contribution in [0.15, 0.2) is 0 Å². The molecule has 0 fully saturated rings. The number of hydrogen-bond donors (Lipinski definition) is 0. The van der Waals surface area contributed by atoms with Crippen LogP contribution in [0.1, 0.15) is 55.6 Å². The lowest BCUT2D eigenvalue weighted by molar-refractivity contribution is 0.461. The van der Waals surface area contributed by atoms with Crippen molar-refractivity contribution in [3.05, 3.63) is 15.6 Å². The van der Waals surface area contributed by atoms with Crippen molar-refractivity contribution in [3.8, 4) is 0 Å². The molecule has 0 bridgehead atoms. The highest BCUT2D eigenvalue weighted by molar-refractivity contribution is 7.90. The largest absolute Gasteiger partial charge is 0.245 e. The van der Waals surface area contributed by atoms with Crippen molar-refractivity contribution in [1.29, 1.82) is 0 Å². The van der Waals surface area contributed by atoms with Crippen molar-refractivity contribution >= 4 is 21.2 Å². The van der Waals surface area contributed by atoms with Crippen LogP contribution in [0, 0.1) is 5.41 Å². The molecule has 0 spiro atoms. The average molecular weight is 301 g/mol. The SMILES string of the molecule is CC(C)(C)CS(=O)(=O)Cc1nc2c(s1)CCCCC2. The molecule has 2 rings (SSSR count). The van der Waals surface area contributed by atoms with Gasteiger partial charge in [-0.1, -0.05) is 27.2 Å². The summed E-state index contributed by atoms with van der Waals surface area (Å²) in [5.74, 6) is 0.339. The number of fused-ring (bicyclic) bond motifs is 1. The van der Waals surface area contributed by atoms with E-state index in [9.17, 15) is 8.42 Å². The molecule has 0 saturated heterocycles. The molecule has 0 radical (unpaired) electrons. The number of rotatable bonds is 3. The van der Waals surface area contributed by atoms with Gasteiger partial charge < -0.3 is 0 Å². The van der Waals surface area contributed by atoms with Crippen molar-refractivity contribution in [3.63, 3.8) is 0 Å². The van der Waals surface area contributed by atoms with Gasteiger partial charge in [0.2, 0.25) is 0 Å². The molecule has 1 aliphatic rings. The van der Waals surface area contributed by atoms with Crippen molar-refractivity contribution in [1.82, 2.24) is 4.98 Å². The molecule has 19 heavy (non-hydrogen) atoms. The standard InChI is InChI=1S/C14H23NO2S2/c1-14(2,3)10-19(16,17)9-13-15-11-7-5-4-6-8-12(11)18-13/h4-10H2,1-3H3. The first-order valence-corrected chi connectivity index (χ1v) is 9.57. The molecule has 0 unspecified atom stereocenters. The molecule has 0 saturated carbocycles. The van der Waals surface area contributed by atoms with Crippen LogP contribution in [0.3, 0.4) is 0 Å². The fourth-order valence-corrected chi connectivity index (χ4v) is 6.13. The molecule has 1 aliphatic carbocycles. The second-order valence-electron chi connectivity index (χ2n) is 6.63. The molecule has 3 nitrogen and oxygen atoms in total. The van der Waals surface area contributed by atoms with Gasteiger partial charge in [-0.3, -0.25) is 0 Å². The van der Waals surface area contributed by atoms with Crippen LogP contribution in [-0.4, -0.2) is 19.2 Å². The highest BCUT2D eigenvalue weighted by Gasteiger charge is 2.24. The van der Waals surface area contributed by atoms with Crippen LogP contribution in [0.25, 0.3) is 0 Å². The summed E-state index contributed by atoms with van der Waals surface area (Å²) in [7, 11) is -3.05. The Labute approximate surface area is 120 Å². The predicted molar refractivity (Wildman–Crippen MR) is 80.3 cm³/mol. The normalized spacial score (nSPS) is 17.0. The Bertz CT molecular complexity index is 515. The van der Waals surface area contributed by atoms with Crippen LogP contribution in [0.4, 0.5) is 0 Å². The van der Waals surface area contributed by atoms with E-state index in [4.69, 9.17) is 0 Å². The monoisotopic (exact) mass is 301 g/mol. The van der Waals surface area contributed by atoms with Gasteiger partial charge in [-0.05, 0) is 31.1 Å². The van der Waals surface area contributed by atoms with Gasteiger partial charge in [-0.15, -0.1) is 11.3 Å². The lowest BCUT2D eigenvalue weighted by Gasteiger charge is -2.17. The van der Waals surface area contributed by atoms with Crippen molar-refractivity contribution in [2.24, 2.45) is 5.41 Å². The van der Waals surface area contributed by atoms with Gasteiger partial charge in [-0.2, -0.15) is 0 Å². The van der Waals surface area contributed by atoms with Gasteiger partial charge in [0.1, 0.15) is 10.8 Å². The zero-order valence-electron chi connectivity index (χ0n) is 12.0. The zero-order chi connectivity index (χ0) is 14.1. The number of nitrogens with zero attached hydrogens (tertiary/aromatic N) is 1. The molecule has 1 aromatic heterocycles. The molecule has 0 amide bonds. The first-order chi connectivity index (χ1) is 8.75. The molecular weight excluding hydrogens is 278 g/mol. The first-order valence-electron chi connectivity index (χ1n) is 6.93. The third-order valence-electron chi connectivity index (χ3n) is 3.14. The topological polar surface area (TPSA) is 47.0 Å². The van der Waals surface area contributed by atoms with Gasteiger partial charge in [0.05, 0.1) is 11.4 Å². The molecule has 1 heterocycles. The van der Waals surface area contributed by atoms with E-state index in [1.807, 2.05) is 20.8 Å². The van der Waals surface area contributed by atoms with E-state index in [0.29, 0.717) is 0 Å². The number of thiazole rings is 1. The molecular formula is C14H23NO2S2. The summed E-state index contributed by atoms with van der Waals surface area (Å²) >= 11 is 1.61. The minimum Gasteiger partial charge on any atom is -0.245 e. The van der Waals surface area contributed by atoms with Crippen LogP contribution < -0.4 is 0 Å². The summed E-state index contributed by atoms with van der Waals surface area (Å²) in [5, 5.41) is 0.788. The van der Waals surface area contributed by atoms with E-state index >= 15 is 0 Å². The lowest BCUT2D eigenvalue weighted by Crippen LogP contribution is -2.22. The molecule has 0 aromatic carbocycles. The Hall–Kier alpha value is -0.420. The molecule has 1 aromatic rings. The van der Waals surface area contributed by atoms with Gasteiger partial charge in [0.15, 0.2) is 9.84 Å². The molecule has 0 N–H and O–H groups in total. The fraction of sp³-hybridized carbons (Fsp3) is 0.786. The van der Waals surface area contributed by atoms with Crippen molar-refractivity contribution < 1.29 is 8.42 Å². The minimum absolute atomic E-state index is 0.113. The highest BCUT2D eigenvalue weighted by atomic mass is 32.2. The van der Waals surface area contributed by atoms with E-state index in [-0.39, 0.29) is 16.9 Å². The average Bonchev–Trinajstić information content (AvgIpc) is 2.42. The minimum atomic E-state index is -3.05. The van der Waals surface area contributed by atoms with E-state index in [0.717, 1.165) is 23.5 Å². The van der Waals surface area contributed by atoms with E-state index < -0.39 is 9.84 Å². The maximum atomic E-state index is 12.2. The second kappa shape index (κ2) is 5.52. The van der Waals surface area contributed by atoms with Gasteiger partial charge in [-0.25, -0.2) is 13.4 Å². The summed E-state index contributed by atoms with van der Waals surface area (Å²) in [4.78, 5) is 5.88. The number of hydrogen-bond acceptors (Lipinski definition) is 4. The quantitative estimate of drug-likeness (QED) is 0.804. The Morgan fingerprint density at radius 1 is 1.16 bits per heavy atom. The van der Waals surface area contributed by atoms with Crippen LogP contribution >= 0.6 is 11.3 Å². The third kappa shape index (κ3) is 4.56. The highest BCUT2D eigenvalue weighted by Crippen LogP contribution is 2.28. The van der Waals surface area contributed by atoms with Gasteiger partial charge >= 0.3 is 0 Å². The number of aromatic nitrogens is 1. The Morgan fingerprint density at radius 2 is 1.84 bits per heavy atom. The van der Waals surface area contributed by atoms with Crippen molar-refractivity contribution in [2.45, 2.75) is 58.6 Å². The zero-order valence-corrected chi connectivity index (χ0v) is 13.7. The van der Waals surface area contributed by atoms with Gasteiger partial charge in [0, 0.05) is 4.88 Å². The van der Waals surface area contributed by atoms with E-state index in [1.54, 1.807) is 11.3 Å². The Kier molecular flexibility index (Phi) is 4.35. The van der Waals surface area contributed by atoms with Crippen molar-refractivity contribution in [2.75, 3.05) is 5.75 Å². The summed E-state index contributed by atoms with van der Waals surface area (Å²) in [6.45, 7) is 5.88. The number of aryl methyl sites for hydroxylation is 2. The van der Waals surface area contributed by atoms with Gasteiger partial charge in [0.25, 0.3) is 0 Å². The lowest BCUT2D eigenvalue weighted by atomic mass is 10.0. The number of sulfone groups is 1. The maximum Gasteiger partial charge on any atom is 0.157 e. The van der Waals surface area contributed by atoms with E-state index in [2.05, 4.69) is 4.98 Å². The smallest absolute Gasteiger partial charge is 0.157 e. The molecule has 0 aliphatic heterocycles. The first kappa shape index (κ1) is 15.0. The third-order valence-corrected chi connectivity index (χ3v) is 6.50. The molecule has 5 heteroatoms. The summed E-state index contributed by atoms with van der Waals surface area (Å²) in [6.07, 6.45) is 5.76.